The van der Waals surface area contributed by atoms with Gasteiger partial charge in [0.05, 0.1) is 38.9 Å². The van der Waals surface area contributed by atoms with Crippen LogP contribution in [0.25, 0.3) is 0 Å². The second-order valence-electron chi connectivity index (χ2n) is 14.2. The Kier molecular flexibility index (Phi) is 12.2. The highest BCUT2D eigenvalue weighted by Gasteiger charge is 2.56. The number of fused-ring (bicyclic) bond motifs is 5. The van der Waals surface area contributed by atoms with Crippen molar-refractivity contribution in [2.45, 2.75) is 104 Å². The molecule has 0 aromatic carbocycles. The maximum absolute atomic E-state index is 12.3. The van der Waals surface area contributed by atoms with E-state index in [0.717, 1.165) is 25.7 Å². The minimum absolute atomic E-state index is 0.116. The fourth-order valence-electron chi connectivity index (χ4n) is 6.78. The molecule has 6 unspecified atom stereocenters. The number of carbonyl (C=O) groups is 6. The van der Waals surface area contributed by atoms with Gasteiger partial charge in [-0.2, -0.15) is 0 Å². The molecule has 3 aliphatic carbocycles. The van der Waals surface area contributed by atoms with E-state index in [1.165, 1.54) is 0 Å². The first-order chi connectivity index (χ1) is 20.5. The predicted octanol–water partition coefficient (Wildman–Crippen LogP) is 3.70. The lowest BCUT2D eigenvalue weighted by Crippen LogP contribution is -2.28. The van der Waals surface area contributed by atoms with E-state index in [0.29, 0.717) is 36.9 Å². The van der Waals surface area contributed by atoms with Gasteiger partial charge in [0.25, 0.3) is 0 Å². The SMILES string of the molecule is CC(C)(C)OC(=O)COC(=O)CCC(=O)OCC1CC2C3CC(COC(=O)CCC(=O)OCC(=O)OC(C)(C)C)C(C3)C2C1. The summed E-state index contributed by atoms with van der Waals surface area (Å²) in [5.41, 5.74) is -1.35. The highest BCUT2D eigenvalue weighted by molar-refractivity contribution is 5.81. The van der Waals surface area contributed by atoms with Crippen molar-refractivity contribution in [1.82, 2.24) is 0 Å². The maximum atomic E-state index is 12.3. The van der Waals surface area contributed by atoms with Crippen molar-refractivity contribution in [2.24, 2.45) is 35.5 Å². The lowest BCUT2D eigenvalue weighted by Gasteiger charge is -2.31. The van der Waals surface area contributed by atoms with E-state index in [9.17, 15) is 28.8 Å². The molecule has 0 aromatic heterocycles. The van der Waals surface area contributed by atoms with Crippen molar-refractivity contribution in [3.63, 3.8) is 0 Å². The molecule has 12 nitrogen and oxygen atoms in total. The van der Waals surface area contributed by atoms with Crippen molar-refractivity contribution in [2.75, 3.05) is 26.4 Å². The van der Waals surface area contributed by atoms with Crippen molar-refractivity contribution >= 4 is 35.8 Å². The first kappa shape index (κ1) is 35.3. The minimum Gasteiger partial charge on any atom is -0.465 e. The molecule has 0 radical (unpaired) electrons. The topological polar surface area (TPSA) is 158 Å². The molecule has 44 heavy (non-hydrogen) atoms. The molecule has 0 heterocycles. The van der Waals surface area contributed by atoms with Gasteiger partial charge in [0, 0.05) is 0 Å². The van der Waals surface area contributed by atoms with Crippen LogP contribution in [-0.2, 0) is 57.2 Å². The fourth-order valence-corrected chi connectivity index (χ4v) is 6.78. The lowest BCUT2D eigenvalue weighted by atomic mass is 9.76. The van der Waals surface area contributed by atoms with Gasteiger partial charge in [0.2, 0.25) is 0 Å². The van der Waals surface area contributed by atoms with Crippen LogP contribution in [0.1, 0.15) is 92.9 Å². The molecular formula is C32H48O12. The third kappa shape index (κ3) is 11.7. The third-order valence-corrected chi connectivity index (χ3v) is 8.25. The molecule has 6 atom stereocenters. The molecule has 0 N–H and O–H groups in total. The molecule has 12 heteroatoms. The quantitative estimate of drug-likeness (QED) is 0.204. The molecule has 0 amide bonds. The summed E-state index contributed by atoms with van der Waals surface area (Å²) in [6.07, 6.45) is 3.48. The van der Waals surface area contributed by atoms with Crippen LogP contribution >= 0.6 is 0 Å². The first-order valence-electron chi connectivity index (χ1n) is 15.5. The lowest BCUT2D eigenvalue weighted by molar-refractivity contribution is -0.167. The summed E-state index contributed by atoms with van der Waals surface area (Å²) in [5.74, 6) is -0.921. The zero-order valence-corrected chi connectivity index (χ0v) is 26.8. The Morgan fingerprint density at radius 3 is 1.41 bits per heavy atom. The second-order valence-corrected chi connectivity index (χ2v) is 14.2. The van der Waals surface area contributed by atoms with Crippen LogP contribution in [-0.4, -0.2) is 73.4 Å². The molecule has 2 bridgehead atoms. The van der Waals surface area contributed by atoms with E-state index in [2.05, 4.69) is 0 Å². The second kappa shape index (κ2) is 15.2. The number of esters is 6. The standard InChI is InChI=1S/C32H48O12/c1-31(2,3)43-29(37)17-41-27(35)9-7-25(33)39-15-19-11-22-20-13-21(23(14-20)24(22)12-19)16-40-26(34)8-10-28(36)42-18-30(38)44-32(4,5)6/h19-24H,7-18H2,1-6H3. The largest absolute Gasteiger partial charge is 0.465 e. The molecule has 0 aliphatic heterocycles. The molecule has 0 saturated heterocycles. The van der Waals surface area contributed by atoms with Crippen LogP contribution in [0.4, 0.5) is 0 Å². The summed E-state index contributed by atoms with van der Waals surface area (Å²) in [7, 11) is 0. The van der Waals surface area contributed by atoms with Gasteiger partial charge in [-0.25, -0.2) is 9.59 Å². The summed E-state index contributed by atoms with van der Waals surface area (Å²) in [6.45, 7) is 9.92. The molecule has 3 fully saturated rings. The van der Waals surface area contributed by atoms with Gasteiger partial charge >= 0.3 is 35.8 Å². The molecule has 3 saturated carbocycles. The van der Waals surface area contributed by atoms with Gasteiger partial charge in [-0.15, -0.1) is 0 Å². The molecule has 3 aliphatic rings. The highest BCUT2D eigenvalue weighted by atomic mass is 16.6. The van der Waals surface area contributed by atoms with Crippen LogP contribution in [0.15, 0.2) is 0 Å². The molecule has 248 valence electrons. The van der Waals surface area contributed by atoms with Gasteiger partial charge in [-0.3, -0.25) is 19.2 Å². The van der Waals surface area contributed by atoms with Gasteiger partial charge < -0.3 is 28.4 Å². The van der Waals surface area contributed by atoms with Crippen LogP contribution in [0.5, 0.6) is 0 Å². The number of hydrogen-bond acceptors (Lipinski definition) is 12. The Morgan fingerprint density at radius 2 is 0.932 bits per heavy atom. The van der Waals surface area contributed by atoms with Gasteiger partial charge in [0.15, 0.2) is 13.2 Å². The van der Waals surface area contributed by atoms with E-state index >= 15 is 0 Å². The number of ether oxygens (including phenoxy) is 6. The molecular weight excluding hydrogens is 576 g/mol. The molecule has 3 rings (SSSR count). The zero-order chi connectivity index (χ0) is 32.7. The van der Waals surface area contributed by atoms with E-state index < -0.39 is 60.2 Å². The van der Waals surface area contributed by atoms with E-state index in [1.807, 2.05) is 0 Å². The first-order valence-corrected chi connectivity index (χ1v) is 15.5. The summed E-state index contributed by atoms with van der Waals surface area (Å²) in [6, 6.07) is 0. The Labute approximate surface area is 259 Å². The summed E-state index contributed by atoms with van der Waals surface area (Å²) < 4.78 is 30.9. The van der Waals surface area contributed by atoms with E-state index in [1.54, 1.807) is 41.5 Å². The van der Waals surface area contributed by atoms with Crippen LogP contribution in [0, 0.1) is 35.5 Å². The van der Waals surface area contributed by atoms with Crippen molar-refractivity contribution in [3.8, 4) is 0 Å². The fraction of sp³-hybridized carbons (Fsp3) is 0.812. The minimum atomic E-state index is -0.675. The summed E-state index contributed by atoms with van der Waals surface area (Å²) in [5, 5.41) is 0. The van der Waals surface area contributed by atoms with E-state index in [4.69, 9.17) is 28.4 Å². The zero-order valence-electron chi connectivity index (χ0n) is 26.8. The normalized spacial score (nSPS) is 25.5. The number of hydrogen-bond donors (Lipinski definition) is 0. The van der Waals surface area contributed by atoms with Crippen molar-refractivity contribution in [3.05, 3.63) is 0 Å². The monoisotopic (exact) mass is 624 g/mol. The number of carbonyl (C=O) groups excluding carboxylic acids is 6. The van der Waals surface area contributed by atoms with Crippen molar-refractivity contribution < 1.29 is 57.2 Å². The van der Waals surface area contributed by atoms with Gasteiger partial charge in [-0.1, -0.05) is 0 Å². The maximum Gasteiger partial charge on any atom is 0.344 e. The Balaban J connectivity index is 1.28. The van der Waals surface area contributed by atoms with E-state index in [-0.39, 0.29) is 37.5 Å². The highest BCUT2D eigenvalue weighted by Crippen LogP contribution is 2.62. The van der Waals surface area contributed by atoms with Crippen LogP contribution in [0.2, 0.25) is 0 Å². The Morgan fingerprint density at radius 1 is 0.500 bits per heavy atom. The van der Waals surface area contributed by atoms with Crippen LogP contribution in [0.3, 0.4) is 0 Å². The summed E-state index contributed by atoms with van der Waals surface area (Å²) >= 11 is 0. The predicted molar refractivity (Wildman–Crippen MR) is 153 cm³/mol. The van der Waals surface area contributed by atoms with Crippen molar-refractivity contribution in [1.29, 1.82) is 0 Å². The van der Waals surface area contributed by atoms with Gasteiger partial charge in [0.1, 0.15) is 11.2 Å². The van der Waals surface area contributed by atoms with Crippen LogP contribution < -0.4 is 0 Å². The molecule has 0 aromatic rings. The Hall–Kier alpha value is -3.18. The average molecular weight is 625 g/mol. The van der Waals surface area contributed by atoms with Gasteiger partial charge in [-0.05, 0) is 103 Å². The third-order valence-electron chi connectivity index (χ3n) is 8.25. The molecule has 0 spiro atoms. The Bertz CT molecular complexity index is 1070. The number of rotatable bonds is 14. The smallest absolute Gasteiger partial charge is 0.344 e. The summed E-state index contributed by atoms with van der Waals surface area (Å²) in [4.78, 5) is 71.5. The average Bonchev–Trinajstić information content (AvgIpc) is 3.60.